The van der Waals surface area contributed by atoms with E-state index in [1.54, 1.807) is 12.1 Å². The van der Waals surface area contributed by atoms with Crippen molar-refractivity contribution in [2.24, 2.45) is 5.92 Å². The molecule has 0 spiro atoms. The quantitative estimate of drug-likeness (QED) is 0.463. The molecular formula is C20H29Cl2N5O3S. The number of nitrogens with zero attached hydrogens (tertiary/aromatic N) is 3. The van der Waals surface area contributed by atoms with Crippen molar-refractivity contribution >= 4 is 45.1 Å². The minimum Gasteiger partial charge on any atom is -0.394 e. The van der Waals surface area contributed by atoms with E-state index in [0.717, 1.165) is 11.8 Å². The molecule has 1 aromatic carbocycles. The lowest BCUT2D eigenvalue weighted by Gasteiger charge is -2.25. The van der Waals surface area contributed by atoms with Crippen molar-refractivity contribution in [2.75, 3.05) is 22.9 Å². The van der Waals surface area contributed by atoms with Crippen molar-refractivity contribution in [3.63, 3.8) is 0 Å². The molecule has 0 bridgehead atoms. The molecule has 2 aromatic rings. The van der Waals surface area contributed by atoms with E-state index in [2.05, 4.69) is 25.0 Å². The maximum absolute atomic E-state index is 11.7. The number of aliphatic hydroxyl groups excluding tert-OH is 1. The predicted octanol–water partition coefficient (Wildman–Crippen LogP) is 3.89. The molecule has 0 aliphatic rings. The predicted molar refractivity (Wildman–Crippen MR) is 125 cm³/mol. The Bertz CT molecular complexity index is 1020. The van der Waals surface area contributed by atoms with Crippen LogP contribution in [0.1, 0.15) is 45.5 Å². The largest absolute Gasteiger partial charge is 0.394 e. The summed E-state index contributed by atoms with van der Waals surface area (Å²) in [5.41, 5.74) is 0.506. The average molecular weight is 490 g/mol. The molecule has 8 nitrogen and oxygen atoms in total. The van der Waals surface area contributed by atoms with E-state index in [0.29, 0.717) is 34.6 Å². The maximum Gasteiger partial charge on any atom is 0.241 e. The lowest BCUT2D eigenvalue weighted by Crippen LogP contribution is -2.28. The van der Waals surface area contributed by atoms with Gasteiger partial charge in [0.15, 0.2) is 0 Å². The van der Waals surface area contributed by atoms with Gasteiger partial charge in [0.05, 0.1) is 28.9 Å². The van der Waals surface area contributed by atoms with Crippen LogP contribution in [0.15, 0.2) is 18.2 Å². The van der Waals surface area contributed by atoms with Crippen LogP contribution < -0.4 is 10.0 Å². The van der Waals surface area contributed by atoms with Gasteiger partial charge in [-0.15, -0.1) is 0 Å². The van der Waals surface area contributed by atoms with Crippen LogP contribution in [0, 0.1) is 5.92 Å². The van der Waals surface area contributed by atoms with E-state index >= 15 is 0 Å². The zero-order valence-corrected chi connectivity index (χ0v) is 20.6. The molecule has 1 aromatic heterocycles. The molecule has 1 atom stereocenters. The molecule has 0 radical (unpaired) electrons. The molecule has 0 unspecified atom stereocenters. The Morgan fingerprint density at radius 1 is 1.10 bits per heavy atom. The fourth-order valence-electron chi connectivity index (χ4n) is 3.12. The summed E-state index contributed by atoms with van der Waals surface area (Å²) in [7, 11) is -3.58. The Labute approximate surface area is 193 Å². The fraction of sp³-hybridized carbons (Fsp3) is 0.550. The maximum atomic E-state index is 11.7. The summed E-state index contributed by atoms with van der Waals surface area (Å²) < 4.78 is 25.8. The summed E-state index contributed by atoms with van der Waals surface area (Å²) in [6, 6.07) is 5.14. The molecular weight excluding hydrogens is 461 g/mol. The minimum atomic E-state index is -3.58. The first kappa shape index (κ1) is 25.6. The van der Waals surface area contributed by atoms with Crippen LogP contribution in [0.4, 0.5) is 11.9 Å². The Kier molecular flexibility index (Phi) is 8.49. The highest BCUT2D eigenvalue weighted by molar-refractivity contribution is 7.91. The van der Waals surface area contributed by atoms with E-state index in [9.17, 15) is 13.5 Å². The highest BCUT2D eigenvalue weighted by Gasteiger charge is 2.25. The molecule has 0 amide bonds. The van der Waals surface area contributed by atoms with Crippen molar-refractivity contribution in [3.05, 3.63) is 39.6 Å². The standard InChI is InChI=1S/C20H29Cl2N5O3S/c1-12(2)8-14(11-28)23-18-24-17(25-19(26-18)27-31(5,29)30)10-20(3,4)13-6-7-15(21)16(22)9-13/h6-7,9,12,14,28H,8,10-11H2,1-5H3,(H2,23,24,25,26,27)/t14-/m1/s1. The zero-order valence-electron chi connectivity index (χ0n) is 18.3. The third-order valence-electron chi connectivity index (χ3n) is 4.57. The lowest BCUT2D eigenvalue weighted by atomic mass is 9.81. The van der Waals surface area contributed by atoms with E-state index in [1.807, 2.05) is 33.8 Å². The smallest absolute Gasteiger partial charge is 0.241 e. The van der Waals surface area contributed by atoms with E-state index in [1.165, 1.54) is 0 Å². The van der Waals surface area contributed by atoms with Gasteiger partial charge in [0.1, 0.15) is 5.82 Å². The summed E-state index contributed by atoms with van der Waals surface area (Å²) in [6.07, 6.45) is 2.11. The van der Waals surface area contributed by atoms with E-state index in [-0.39, 0.29) is 24.5 Å². The van der Waals surface area contributed by atoms with Gasteiger partial charge in [-0.05, 0) is 35.4 Å². The van der Waals surface area contributed by atoms with Gasteiger partial charge in [0.2, 0.25) is 21.9 Å². The van der Waals surface area contributed by atoms with Gasteiger partial charge >= 0.3 is 0 Å². The highest BCUT2D eigenvalue weighted by atomic mass is 35.5. The summed E-state index contributed by atoms with van der Waals surface area (Å²) in [4.78, 5) is 12.9. The Balaban J connectivity index is 2.39. The number of rotatable bonds is 10. The van der Waals surface area contributed by atoms with Crippen LogP contribution in [0.5, 0.6) is 0 Å². The number of aliphatic hydroxyl groups is 1. The van der Waals surface area contributed by atoms with Gasteiger partial charge in [-0.25, -0.2) is 8.42 Å². The summed E-state index contributed by atoms with van der Waals surface area (Å²) >= 11 is 12.2. The number of aromatic nitrogens is 3. The monoisotopic (exact) mass is 489 g/mol. The van der Waals surface area contributed by atoms with Crippen LogP contribution in [-0.4, -0.2) is 47.4 Å². The lowest BCUT2D eigenvalue weighted by molar-refractivity contribution is 0.259. The van der Waals surface area contributed by atoms with E-state index < -0.39 is 15.4 Å². The topological polar surface area (TPSA) is 117 Å². The van der Waals surface area contributed by atoms with Crippen LogP contribution in [0.2, 0.25) is 10.0 Å². The number of anilines is 2. The van der Waals surface area contributed by atoms with Crippen molar-refractivity contribution in [1.82, 2.24) is 15.0 Å². The first-order valence-corrected chi connectivity index (χ1v) is 12.5. The molecule has 0 saturated carbocycles. The second kappa shape index (κ2) is 10.3. The summed E-state index contributed by atoms with van der Waals surface area (Å²) in [5, 5.41) is 13.7. The van der Waals surface area contributed by atoms with Gasteiger partial charge in [-0.1, -0.05) is 57.0 Å². The molecule has 1 heterocycles. The van der Waals surface area contributed by atoms with Gasteiger partial charge < -0.3 is 10.4 Å². The molecule has 0 aliphatic carbocycles. The number of nitrogens with one attached hydrogen (secondary N) is 2. The number of sulfonamides is 1. The third kappa shape index (κ3) is 8.07. The second-order valence-corrected chi connectivity index (χ2v) is 11.2. The highest BCUT2D eigenvalue weighted by Crippen LogP contribution is 2.32. The van der Waals surface area contributed by atoms with Crippen molar-refractivity contribution < 1.29 is 13.5 Å². The normalized spacial score (nSPS) is 13.3. The van der Waals surface area contributed by atoms with Crippen molar-refractivity contribution in [3.8, 4) is 0 Å². The SMILES string of the molecule is CC(C)C[C@H](CO)Nc1nc(CC(C)(C)c2ccc(Cl)c(Cl)c2)nc(NS(C)(=O)=O)n1. The summed E-state index contributed by atoms with van der Waals surface area (Å²) in [5.74, 6) is 0.844. The van der Waals surface area contributed by atoms with Gasteiger partial charge in [0.25, 0.3) is 0 Å². The van der Waals surface area contributed by atoms with E-state index in [4.69, 9.17) is 23.2 Å². The fourth-order valence-corrected chi connectivity index (χ4v) is 3.84. The van der Waals surface area contributed by atoms with Gasteiger partial charge in [-0.3, -0.25) is 4.72 Å². The molecule has 0 fully saturated rings. The molecule has 0 saturated heterocycles. The van der Waals surface area contributed by atoms with Crippen LogP contribution >= 0.6 is 23.2 Å². The van der Waals surface area contributed by atoms with Crippen molar-refractivity contribution in [1.29, 1.82) is 0 Å². The van der Waals surface area contributed by atoms with Crippen LogP contribution in [-0.2, 0) is 21.9 Å². The third-order valence-corrected chi connectivity index (χ3v) is 5.86. The van der Waals surface area contributed by atoms with Crippen molar-refractivity contribution in [2.45, 2.75) is 52.0 Å². The zero-order chi connectivity index (χ0) is 23.4. The molecule has 2 rings (SSSR count). The van der Waals surface area contributed by atoms with Gasteiger partial charge in [0, 0.05) is 6.42 Å². The number of hydrogen-bond acceptors (Lipinski definition) is 7. The minimum absolute atomic E-state index is 0.0822. The first-order chi connectivity index (χ1) is 14.3. The molecule has 0 aliphatic heterocycles. The Morgan fingerprint density at radius 2 is 1.74 bits per heavy atom. The average Bonchev–Trinajstić information content (AvgIpc) is 2.60. The number of halogens is 2. The Hall–Kier alpha value is -1.68. The molecule has 11 heteroatoms. The molecule has 31 heavy (non-hydrogen) atoms. The van der Waals surface area contributed by atoms with Crippen LogP contribution in [0.3, 0.4) is 0 Å². The second-order valence-electron chi connectivity index (χ2n) is 8.62. The first-order valence-electron chi connectivity index (χ1n) is 9.84. The summed E-state index contributed by atoms with van der Waals surface area (Å²) in [6.45, 7) is 7.98. The number of benzene rings is 1. The molecule has 172 valence electrons. The Morgan fingerprint density at radius 3 is 2.29 bits per heavy atom. The molecule has 3 N–H and O–H groups in total. The number of hydrogen-bond donors (Lipinski definition) is 3. The van der Waals surface area contributed by atoms with Gasteiger partial charge in [-0.2, -0.15) is 15.0 Å². The van der Waals surface area contributed by atoms with Crippen LogP contribution in [0.25, 0.3) is 0 Å².